The van der Waals surface area contributed by atoms with Gasteiger partial charge in [-0.2, -0.15) is 0 Å². The van der Waals surface area contributed by atoms with Gasteiger partial charge in [-0.3, -0.25) is 5.32 Å². The van der Waals surface area contributed by atoms with Crippen LogP contribution in [0, 0.1) is 11.3 Å². The molecule has 0 saturated carbocycles. The van der Waals surface area contributed by atoms with Crippen molar-refractivity contribution in [2.24, 2.45) is 11.3 Å². The van der Waals surface area contributed by atoms with Gasteiger partial charge in [0.1, 0.15) is 5.00 Å². The van der Waals surface area contributed by atoms with Gasteiger partial charge in [-0.1, -0.05) is 20.8 Å². The summed E-state index contributed by atoms with van der Waals surface area (Å²) in [6.07, 6.45) is 2.22. The molecule has 22 heavy (non-hydrogen) atoms. The summed E-state index contributed by atoms with van der Waals surface area (Å²) < 4.78 is 9.52. The van der Waals surface area contributed by atoms with Crippen LogP contribution in [-0.4, -0.2) is 26.3 Å². The Balaban J connectivity index is 2.39. The fourth-order valence-corrected chi connectivity index (χ4v) is 4.18. The Bertz CT molecular complexity index is 586. The first-order chi connectivity index (χ1) is 10.3. The Morgan fingerprint density at radius 3 is 2.45 bits per heavy atom. The topological polar surface area (TPSA) is 64.6 Å². The summed E-state index contributed by atoms with van der Waals surface area (Å²) in [5.74, 6) is 0.160. The maximum absolute atomic E-state index is 12.1. The molecule has 0 saturated heterocycles. The first kappa shape index (κ1) is 16.8. The molecule has 6 heteroatoms. The summed E-state index contributed by atoms with van der Waals surface area (Å²) in [6.45, 7) is 6.72. The molecule has 0 bridgehead atoms. The molecule has 1 atom stereocenters. The maximum Gasteiger partial charge on any atom is 0.411 e. The summed E-state index contributed by atoms with van der Waals surface area (Å²) in [4.78, 5) is 24.8. The van der Waals surface area contributed by atoms with E-state index >= 15 is 0 Å². The van der Waals surface area contributed by atoms with Crippen molar-refractivity contribution in [3.63, 3.8) is 0 Å². The van der Waals surface area contributed by atoms with Crippen LogP contribution in [-0.2, 0) is 22.3 Å². The van der Waals surface area contributed by atoms with E-state index in [-0.39, 0.29) is 5.41 Å². The Morgan fingerprint density at radius 1 is 1.23 bits per heavy atom. The van der Waals surface area contributed by atoms with E-state index in [2.05, 4.69) is 30.8 Å². The van der Waals surface area contributed by atoms with Gasteiger partial charge >= 0.3 is 12.1 Å². The molecule has 0 fully saturated rings. The van der Waals surface area contributed by atoms with E-state index in [9.17, 15) is 9.59 Å². The minimum atomic E-state index is -0.573. The highest BCUT2D eigenvalue weighted by molar-refractivity contribution is 7.17. The van der Waals surface area contributed by atoms with Crippen molar-refractivity contribution in [1.29, 1.82) is 0 Å². The number of carbonyl (C=O) groups excluding carboxylic acids is 2. The van der Waals surface area contributed by atoms with Crippen LogP contribution in [0.5, 0.6) is 0 Å². The van der Waals surface area contributed by atoms with Crippen molar-refractivity contribution in [2.75, 3.05) is 19.5 Å². The molecule has 1 aromatic rings. The van der Waals surface area contributed by atoms with Crippen molar-refractivity contribution in [1.82, 2.24) is 0 Å². The molecule has 1 aliphatic carbocycles. The number of hydrogen-bond donors (Lipinski definition) is 1. The first-order valence-corrected chi connectivity index (χ1v) is 8.17. The summed E-state index contributed by atoms with van der Waals surface area (Å²) in [5, 5.41) is 3.17. The fourth-order valence-electron chi connectivity index (χ4n) is 2.87. The number of rotatable bonds is 2. The van der Waals surface area contributed by atoms with Gasteiger partial charge in [0, 0.05) is 4.88 Å². The number of ether oxygens (including phenoxy) is 2. The highest BCUT2D eigenvalue weighted by atomic mass is 32.1. The lowest BCUT2D eigenvalue weighted by molar-refractivity contribution is 0.0600. The number of anilines is 1. The van der Waals surface area contributed by atoms with Crippen molar-refractivity contribution in [3.05, 3.63) is 16.0 Å². The minimum Gasteiger partial charge on any atom is -0.465 e. The van der Waals surface area contributed by atoms with Gasteiger partial charge in [0.15, 0.2) is 0 Å². The van der Waals surface area contributed by atoms with E-state index in [1.165, 1.54) is 25.6 Å². The van der Waals surface area contributed by atoms with Gasteiger partial charge in [0.05, 0.1) is 19.8 Å². The number of nitrogens with one attached hydrogen (secondary N) is 1. The molecule has 1 amide bonds. The SMILES string of the molecule is COC(=O)Nc1sc2c(c1C(=O)OC)CCC(C(C)(C)C)C2. The van der Waals surface area contributed by atoms with Gasteiger partial charge in [0.2, 0.25) is 0 Å². The molecule has 0 spiro atoms. The Morgan fingerprint density at radius 2 is 1.91 bits per heavy atom. The Labute approximate surface area is 135 Å². The third kappa shape index (κ3) is 3.27. The molecule has 1 aliphatic rings. The smallest absolute Gasteiger partial charge is 0.411 e. The second kappa shape index (κ2) is 6.28. The second-order valence-electron chi connectivity index (χ2n) is 6.62. The zero-order valence-corrected chi connectivity index (χ0v) is 14.6. The average Bonchev–Trinajstić information content (AvgIpc) is 2.82. The molecule has 1 N–H and O–H groups in total. The van der Waals surface area contributed by atoms with Crippen LogP contribution >= 0.6 is 11.3 Å². The number of thiophene rings is 1. The van der Waals surface area contributed by atoms with E-state index in [1.807, 2.05) is 0 Å². The number of carbonyl (C=O) groups is 2. The lowest BCUT2D eigenvalue weighted by Gasteiger charge is -2.33. The largest absolute Gasteiger partial charge is 0.465 e. The Kier molecular flexibility index (Phi) is 4.80. The molecule has 2 rings (SSSR count). The van der Waals surface area contributed by atoms with Gasteiger partial charge in [-0.05, 0) is 36.2 Å². The van der Waals surface area contributed by atoms with Crippen LogP contribution in [0.3, 0.4) is 0 Å². The molecule has 5 nitrogen and oxygen atoms in total. The number of fused-ring (bicyclic) bond motifs is 1. The average molecular weight is 325 g/mol. The zero-order valence-electron chi connectivity index (χ0n) is 13.7. The lowest BCUT2D eigenvalue weighted by Crippen LogP contribution is -2.26. The van der Waals surface area contributed by atoms with Crippen molar-refractivity contribution < 1.29 is 19.1 Å². The van der Waals surface area contributed by atoms with Gasteiger partial charge in [-0.15, -0.1) is 11.3 Å². The van der Waals surface area contributed by atoms with Crippen LogP contribution in [0.25, 0.3) is 0 Å². The summed E-state index contributed by atoms with van der Waals surface area (Å²) in [6, 6.07) is 0. The molecular weight excluding hydrogens is 302 g/mol. The third-order valence-corrected chi connectivity index (χ3v) is 5.45. The maximum atomic E-state index is 12.1. The van der Waals surface area contributed by atoms with Crippen LogP contribution in [0.1, 0.15) is 48.0 Å². The molecule has 1 heterocycles. The molecular formula is C16H23NO4S. The summed E-state index contributed by atoms with van der Waals surface area (Å²) in [7, 11) is 2.66. The summed E-state index contributed by atoms with van der Waals surface area (Å²) in [5.41, 5.74) is 1.73. The minimum absolute atomic E-state index is 0.225. The van der Waals surface area contributed by atoms with Crippen molar-refractivity contribution in [3.8, 4) is 0 Å². The van der Waals surface area contributed by atoms with Gasteiger partial charge in [-0.25, -0.2) is 9.59 Å². The van der Waals surface area contributed by atoms with Crippen LogP contribution in [0.4, 0.5) is 9.80 Å². The first-order valence-electron chi connectivity index (χ1n) is 7.35. The predicted octanol–water partition coefficient (Wildman–Crippen LogP) is 3.86. The zero-order chi connectivity index (χ0) is 16.5. The van der Waals surface area contributed by atoms with Crippen molar-refractivity contribution in [2.45, 2.75) is 40.0 Å². The second-order valence-corrected chi connectivity index (χ2v) is 7.73. The molecule has 0 radical (unpaired) electrons. The number of amides is 1. The van der Waals surface area contributed by atoms with Crippen LogP contribution < -0.4 is 5.32 Å². The van der Waals surface area contributed by atoms with Crippen LogP contribution in [0.2, 0.25) is 0 Å². The van der Waals surface area contributed by atoms with E-state index in [4.69, 9.17) is 4.74 Å². The highest BCUT2D eigenvalue weighted by Gasteiger charge is 2.34. The summed E-state index contributed by atoms with van der Waals surface area (Å²) >= 11 is 1.46. The molecule has 0 aliphatic heterocycles. The number of hydrogen-bond acceptors (Lipinski definition) is 5. The van der Waals surface area contributed by atoms with Crippen molar-refractivity contribution >= 4 is 28.4 Å². The molecule has 1 unspecified atom stereocenters. The number of esters is 1. The number of methoxy groups -OCH3 is 2. The molecule has 0 aromatic carbocycles. The normalized spacial score (nSPS) is 17.6. The Hall–Kier alpha value is -1.56. The van der Waals surface area contributed by atoms with E-state index in [0.717, 1.165) is 29.7 Å². The van der Waals surface area contributed by atoms with Crippen LogP contribution in [0.15, 0.2) is 0 Å². The van der Waals surface area contributed by atoms with E-state index < -0.39 is 12.1 Å². The lowest BCUT2D eigenvalue weighted by atomic mass is 9.72. The third-order valence-electron chi connectivity index (χ3n) is 4.28. The quantitative estimate of drug-likeness (QED) is 0.839. The monoisotopic (exact) mass is 325 g/mol. The van der Waals surface area contributed by atoms with E-state index in [0.29, 0.717) is 16.5 Å². The molecule has 122 valence electrons. The van der Waals surface area contributed by atoms with E-state index in [1.54, 1.807) is 0 Å². The predicted molar refractivity (Wildman–Crippen MR) is 86.7 cm³/mol. The molecule has 1 aromatic heterocycles. The fraction of sp³-hybridized carbons (Fsp3) is 0.625. The van der Waals surface area contributed by atoms with Gasteiger partial charge in [0.25, 0.3) is 0 Å². The van der Waals surface area contributed by atoms with Gasteiger partial charge < -0.3 is 9.47 Å². The standard InChI is InChI=1S/C16H23NO4S/c1-16(2,3)9-6-7-10-11(8-9)22-13(17-15(19)21-5)12(10)14(18)20-4/h9H,6-8H2,1-5H3,(H,17,19). The highest BCUT2D eigenvalue weighted by Crippen LogP contribution is 2.44.